The lowest BCUT2D eigenvalue weighted by Crippen LogP contribution is -2.35. The van der Waals surface area contributed by atoms with Gasteiger partial charge in [-0.05, 0) is 97.0 Å². The largest absolute Gasteiger partial charge is 0.378 e. The zero-order valence-corrected chi connectivity index (χ0v) is 24.4. The van der Waals surface area contributed by atoms with E-state index < -0.39 is 0 Å². The van der Waals surface area contributed by atoms with Crippen molar-refractivity contribution in [3.63, 3.8) is 0 Å². The molecule has 0 aliphatic carbocycles. The molecule has 3 aromatic rings. The van der Waals surface area contributed by atoms with Gasteiger partial charge in [-0.25, -0.2) is 0 Å². The Bertz CT molecular complexity index is 1600. The Hall–Kier alpha value is -4.83. The smallest absolute Gasteiger partial charge is 0.0779 e. The van der Waals surface area contributed by atoms with Crippen molar-refractivity contribution in [3.05, 3.63) is 163 Å². The van der Waals surface area contributed by atoms with E-state index in [1.807, 2.05) is 55.4 Å². The fraction of sp³-hybridized carbons (Fsp3) is 0.184. The van der Waals surface area contributed by atoms with E-state index in [0.29, 0.717) is 0 Å². The maximum absolute atomic E-state index is 4.54. The Balaban J connectivity index is 1.54. The molecule has 0 saturated carbocycles. The topological polar surface area (TPSA) is 49.6 Å². The van der Waals surface area contributed by atoms with Crippen LogP contribution in [-0.2, 0) is 23.8 Å². The van der Waals surface area contributed by atoms with Gasteiger partial charge < -0.3 is 5.32 Å². The second-order valence-electron chi connectivity index (χ2n) is 11.2. The first-order valence-corrected chi connectivity index (χ1v) is 14.5. The van der Waals surface area contributed by atoms with E-state index in [0.717, 1.165) is 24.8 Å². The highest BCUT2D eigenvalue weighted by Gasteiger charge is 2.25. The monoisotopic (exact) mass is 550 g/mol. The van der Waals surface area contributed by atoms with Crippen LogP contribution in [0.25, 0.3) is 11.1 Å². The first-order valence-electron chi connectivity index (χ1n) is 14.5. The third kappa shape index (κ3) is 7.08. The maximum Gasteiger partial charge on any atom is 0.0779 e. The zero-order chi connectivity index (χ0) is 29.3. The molecule has 0 radical (unpaired) electrons. The standard InChI is InChI=1S/C38H38N4/c1-4-16-39-17-8-5-12-30-21-31(25-35(24-30)37(2)14-6-9-18-41-29-37)22-32-23-34(33-13-11-19-40-28-33)27-36(26-32)38(3)15-7-10-20-42-38/h4,6-11,13-21,23-29,42H,1,5,12,22H2,2-3H3/b17-8-,39-16-. The number of benzene rings is 2. The summed E-state index contributed by atoms with van der Waals surface area (Å²) in [6.45, 7) is 8.12. The molecule has 1 N–H and O–H groups in total. The van der Waals surface area contributed by atoms with Crippen LogP contribution >= 0.6 is 0 Å². The van der Waals surface area contributed by atoms with E-state index in [4.69, 9.17) is 0 Å². The number of nitrogens with zero attached hydrogens (tertiary/aromatic N) is 3. The van der Waals surface area contributed by atoms with Crippen molar-refractivity contribution < 1.29 is 0 Å². The normalized spacial score (nSPS) is 21.2. The molecule has 1 aromatic heterocycles. The molecule has 0 bridgehead atoms. The first-order chi connectivity index (χ1) is 20.5. The number of aryl methyl sites for hydroxylation is 1. The second-order valence-corrected chi connectivity index (χ2v) is 11.2. The molecule has 2 aliphatic heterocycles. The summed E-state index contributed by atoms with van der Waals surface area (Å²) in [5.74, 6) is 0. The average molecular weight is 551 g/mol. The van der Waals surface area contributed by atoms with Gasteiger partial charge in [0.1, 0.15) is 0 Å². The van der Waals surface area contributed by atoms with Crippen LogP contribution in [0.3, 0.4) is 0 Å². The summed E-state index contributed by atoms with van der Waals surface area (Å²) in [5.41, 5.74) is 7.99. The minimum absolute atomic E-state index is 0.294. The van der Waals surface area contributed by atoms with Crippen molar-refractivity contribution in [2.24, 2.45) is 9.98 Å². The van der Waals surface area contributed by atoms with Gasteiger partial charge in [-0.1, -0.05) is 79.4 Å². The molecule has 3 heterocycles. The molecule has 210 valence electrons. The molecule has 2 atom stereocenters. The lowest BCUT2D eigenvalue weighted by atomic mass is 9.80. The van der Waals surface area contributed by atoms with Crippen LogP contribution in [0, 0.1) is 0 Å². The number of aromatic nitrogens is 1. The van der Waals surface area contributed by atoms with Crippen molar-refractivity contribution in [3.8, 4) is 11.1 Å². The molecule has 0 saturated heterocycles. The van der Waals surface area contributed by atoms with Gasteiger partial charge in [0.2, 0.25) is 0 Å². The highest BCUT2D eigenvalue weighted by molar-refractivity contribution is 5.77. The lowest BCUT2D eigenvalue weighted by Gasteiger charge is -2.30. The Kier molecular flexibility index (Phi) is 9.03. The molecule has 4 nitrogen and oxygen atoms in total. The molecule has 0 amide bonds. The van der Waals surface area contributed by atoms with Crippen molar-refractivity contribution in [2.45, 2.75) is 44.1 Å². The van der Waals surface area contributed by atoms with Gasteiger partial charge in [0.15, 0.2) is 0 Å². The number of pyridine rings is 1. The predicted molar refractivity (Wildman–Crippen MR) is 178 cm³/mol. The van der Waals surface area contributed by atoms with Crippen molar-refractivity contribution in [2.75, 3.05) is 0 Å². The SMILES string of the molecule is C=C/C=N\C=C/CCc1cc(Cc2cc(-c3cccnc3)cc(C3(C)C=CC=CN3)c2)cc(C2(C)C=CC=CN=C2)c1. The molecule has 4 heteroatoms. The van der Waals surface area contributed by atoms with Crippen LogP contribution < -0.4 is 5.32 Å². The third-order valence-electron chi connectivity index (χ3n) is 7.74. The first kappa shape index (κ1) is 28.7. The van der Waals surface area contributed by atoms with E-state index >= 15 is 0 Å². The van der Waals surface area contributed by atoms with Gasteiger partial charge >= 0.3 is 0 Å². The summed E-state index contributed by atoms with van der Waals surface area (Å²) < 4.78 is 0. The molecule has 2 aliphatic rings. The van der Waals surface area contributed by atoms with Crippen LogP contribution in [-0.4, -0.2) is 17.4 Å². The zero-order valence-electron chi connectivity index (χ0n) is 24.4. The molecule has 0 spiro atoms. The number of nitrogens with one attached hydrogen (secondary N) is 1. The molecular formula is C38H38N4. The molecule has 5 rings (SSSR count). The van der Waals surface area contributed by atoms with Gasteiger partial charge in [-0.3, -0.25) is 15.0 Å². The fourth-order valence-electron chi connectivity index (χ4n) is 5.36. The molecule has 42 heavy (non-hydrogen) atoms. The van der Waals surface area contributed by atoms with Crippen LogP contribution in [0.4, 0.5) is 0 Å². The minimum Gasteiger partial charge on any atom is -0.378 e. The van der Waals surface area contributed by atoms with Gasteiger partial charge in [0.05, 0.1) is 5.54 Å². The summed E-state index contributed by atoms with van der Waals surface area (Å²) >= 11 is 0. The van der Waals surface area contributed by atoms with Crippen LogP contribution in [0.15, 0.2) is 145 Å². The van der Waals surface area contributed by atoms with Crippen molar-refractivity contribution in [1.29, 1.82) is 0 Å². The Morgan fingerprint density at radius 3 is 2.55 bits per heavy atom. The van der Waals surface area contributed by atoms with Gasteiger partial charge in [-0.2, -0.15) is 0 Å². The highest BCUT2D eigenvalue weighted by atomic mass is 14.9. The number of rotatable bonds is 10. The second kappa shape index (κ2) is 13.2. The third-order valence-corrected chi connectivity index (χ3v) is 7.74. The number of hydrogen-bond donors (Lipinski definition) is 1. The predicted octanol–water partition coefficient (Wildman–Crippen LogP) is 8.34. The van der Waals surface area contributed by atoms with Gasteiger partial charge in [-0.15, -0.1) is 0 Å². The van der Waals surface area contributed by atoms with Gasteiger partial charge in [0.25, 0.3) is 0 Å². The van der Waals surface area contributed by atoms with E-state index in [-0.39, 0.29) is 11.0 Å². The van der Waals surface area contributed by atoms with E-state index in [1.165, 1.54) is 33.4 Å². The summed E-state index contributed by atoms with van der Waals surface area (Å²) in [4.78, 5) is 13.1. The summed E-state index contributed by atoms with van der Waals surface area (Å²) in [5, 5.41) is 3.56. The quantitative estimate of drug-likeness (QED) is 0.258. The summed E-state index contributed by atoms with van der Waals surface area (Å²) in [7, 11) is 0. The Labute approximate surface area is 250 Å². The molecule has 2 aromatic carbocycles. The summed E-state index contributed by atoms with van der Waals surface area (Å²) in [6, 6.07) is 18.1. The van der Waals surface area contributed by atoms with Crippen LogP contribution in [0.1, 0.15) is 48.1 Å². The Morgan fingerprint density at radius 2 is 1.74 bits per heavy atom. The van der Waals surface area contributed by atoms with Crippen LogP contribution in [0.2, 0.25) is 0 Å². The summed E-state index contributed by atoms with van der Waals surface area (Å²) in [6.07, 6.45) is 32.3. The van der Waals surface area contributed by atoms with Crippen molar-refractivity contribution >= 4 is 12.4 Å². The molecule has 0 fully saturated rings. The minimum atomic E-state index is -0.294. The number of hydrogen-bond acceptors (Lipinski definition) is 4. The number of aliphatic imine (C=N–C) groups is 2. The number of dihydropyridines is 1. The van der Waals surface area contributed by atoms with E-state index in [2.05, 4.69) is 114 Å². The fourth-order valence-corrected chi connectivity index (χ4v) is 5.36. The number of allylic oxidation sites excluding steroid dienone is 7. The van der Waals surface area contributed by atoms with Crippen LogP contribution in [0.5, 0.6) is 0 Å². The maximum atomic E-state index is 4.54. The lowest BCUT2D eigenvalue weighted by molar-refractivity contribution is 0.523. The van der Waals surface area contributed by atoms with E-state index in [1.54, 1.807) is 12.3 Å². The highest BCUT2D eigenvalue weighted by Crippen LogP contribution is 2.33. The van der Waals surface area contributed by atoms with Gasteiger partial charge in [0, 0.05) is 48.2 Å². The van der Waals surface area contributed by atoms with Crippen molar-refractivity contribution in [1.82, 2.24) is 10.3 Å². The molecule has 2 unspecified atom stereocenters. The average Bonchev–Trinajstić information content (AvgIpc) is 3.25. The Morgan fingerprint density at radius 1 is 0.905 bits per heavy atom. The van der Waals surface area contributed by atoms with E-state index in [9.17, 15) is 0 Å². The molecular weight excluding hydrogens is 512 g/mol.